The van der Waals surface area contributed by atoms with Crippen molar-refractivity contribution < 1.29 is 14.3 Å². The van der Waals surface area contributed by atoms with Crippen LogP contribution in [0.2, 0.25) is 0 Å². The molecule has 3 rings (SSSR count). The number of likely N-dealkylation sites (tertiary alicyclic amines) is 1. The van der Waals surface area contributed by atoms with Crippen molar-refractivity contribution in [2.75, 3.05) is 20.2 Å². The van der Waals surface area contributed by atoms with Gasteiger partial charge in [0.15, 0.2) is 0 Å². The van der Waals surface area contributed by atoms with E-state index in [-0.39, 0.29) is 23.8 Å². The normalized spacial score (nSPS) is 17.6. The standard InChI is InChI=1S/C15H17N5O3/c1-22-15-18-8-5-12(19-15)23-11-4-2-9-20(10-11)14(21)13-16-6-3-7-17-13/h3,5-8,11H,2,4,9-10H2,1H3. The Morgan fingerprint density at radius 1 is 1.26 bits per heavy atom. The highest BCUT2D eigenvalue weighted by molar-refractivity contribution is 5.90. The second-order valence-electron chi connectivity index (χ2n) is 5.09. The number of amides is 1. The van der Waals surface area contributed by atoms with E-state index in [1.165, 1.54) is 7.11 Å². The van der Waals surface area contributed by atoms with Gasteiger partial charge in [-0.3, -0.25) is 4.79 Å². The van der Waals surface area contributed by atoms with Gasteiger partial charge in [0, 0.05) is 31.2 Å². The van der Waals surface area contributed by atoms with E-state index in [1.54, 1.807) is 35.6 Å². The summed E-state index contributed by atoms with van der Waals surface area (Å²) in [5.41, 5.74) is 0. The molecule has 2 aromatic rings. The Hall–Kier alpha value is -2.77. The van der Waals surface area contributed by atoms with Crippen molar-refractivity contribution in [3.63, 3.8) is 0 Å². The summed E-state index contributed by atoms with van der Waals surface area (Å²) in [5, 5.41) is 0. The third-order valence-electron chi connectivity index (χ3n) is 3.50. The quantitative estimate of drug-likeness (QED) is 0.830. The molecule has 3 heterocycles. The lowest BCUT2D eigenvalue weighted by atomic mass is 10.1. The fraction of sp³-hybridized carbons (Fsp3) is 0.400. The molecule has 0 aromatic carbocycles. The minimum Gasteiger partial charge on any atom is -0.472 e. The minimum absolute atomic E-state index is 0.129. The maximum Gasteiger partial charge on any atom is 0.319 e. The van der Waals surface area contributed by atoms with Crippen LogP contribution < -0.4 is 9.47 Å². The molecule has 1 atom stereocenters. The molecule has 0 N–H and O–H groups in total. The van der Waals surface area contributed by atoms with Gasteiger partial charge in [0.05, 0.1) is 13.7 Å². The molecule has 8 nitrogen and oxygen atoms in total. The molecule has 0 saturated carbocycles. The lowest BCUT2D eigenvalue weighted by Gasteiger charge is -2.32. The van der Waals surface area contributed by atoms with E-state index in [0.717, 1.165) is 12.8 Å². The van der Waals surface area contributed by atoms with E-state index >= 15 is 0 Å². The fourth-order valence-electron chi connectivity index (χ4n) is 2.43. The van der Waals surface area contributed by atoms with Crippen LogP contribution >= 0.6 is 0 Å². The molecule has 23 heavy (non-hydrogen) atoms. The molecule has 0 radical (unpaired) electrons. The monoisotopic (exact) mass is 315 g/mol. The van der Waals surface area contributed by atoms with Gasteiger partial charge in [-0.2, -0.15) is 4.98 Å². The molecule has 0 bridgehead atoms. The van der Waals surface area contributed by atoms with Gasteiger partial charge in [-0.25, -0.2) is 15.0 Å². The molecule has 2 aromatic heterocycles. The van der Waals surface area contributed by atoms with Gasteiger partial charge in [-0.05, 0) is 18.9 Å². The summed E-state index contributed by atoms with van der Waals surface area (Å²) < 4.78 is 10.8. The van der Waals surface area contributed by atoms with E-state index < -0.39 is 0 Å². The number of hydrogen-bond donors (Lipinski definition) is 0. The van der Waals surface area contributed by atoms with Crippen LogP contribution in [0.15, 0.2) is 30.7 Å². The zero-order valence-corrected chi connectivity index (χ0v) is 12.8. The molecule has 8 heteroatoms. The van der Waals surface area contributed by atoms with Crippen molar-refractivity contribution >= 4 is 5.91 Å². The largest absolute Gasteiger partial charge is 0.472 e. The number of rotatable bonds is 4. The lowest BCUT2D eigenvalue weighted by Crippen LogP contribution is -2.45. The average molecular weight is 315 g/mol. The molecule has 1 amide bonds. The van der Waals surface area contributed by atoms with Gasteiger partial charge in [-0.15, -0.1) is 0 Å². The first-order valence-electron chi connectivity index (χ1n) is 7.36. The third-order valence-corrected chi connectivity index (χ3v) is 3.50. The first-order chi connectivity index (χ1) is 11.3. The number of carbonyl (C=O) groups excluding carboxylic acids is 1. The average Bonchev–Trinajstić information content (AvgIpc) is 2.62. The highest BCUT2D eigenvalue weighted by Gasteiger charge is 2.27. The Labute approximate surface area is 133 Å². The summed E-state index contributed by atoms with van der Waals surface area (Å²) >= 11 is 0. The first kappa shape index (κ1) is 15.1. The number of piperidine rings is 1. The van der Waals surface area contributed by atoms with Crippen LogP contribution in [0.3, 0.4) is 0 Å². The molecule has 0 aliphatic carbocycles. The zero-order chi connectivity index (χ0) is 16.1. The number of ether oxygens (including phenoxy) is 2. The Kier molecular flexibility index (Phi) is 4.60. The van der Waals surface area contributed by atoms with Crippen LogP contribution in [0.5, 0.6) is 11.9 Å². The number of hydrogen-bond acceptors (Lipinski definition) is 7. The second-order valence-corrected chi connectivity index (χ2v) is 5.09. The molecule has 1 unspecified atom stereocenters. The molecular weight excluding hydrogens is 298 g/mol. The Morgan fingerprint density at radius 2 is 2.09 bits per heavy atom. The molecular formula is C15H17N5O3. The number of methoxy groups -OCH3 is 1. The van der Waals surface area contributed by atoms with Crippen LogP contribution in [0.25, 0.3) is 0 Å². The van der Waals surface area contributed by atoms with Gasteiger partial charge in [-0.1, -0.05) is 0 Å². The van der Waals surface area contributed by atoms with Crippen molar-refractivity contribution in [3.05, 3.63) is 36.5 Å². The fourth-order valence-corrected chi connectivity index (χ4v) is 2.43. The Morgan fingerprint density at radius 3 is 2.87 bits per heavy atom. The van der Waals surface area contributed by atoms with Gasteiger partial charge < -0.3 is 14.4 Å². The topological polar surface area (TPSA) is 90.3 Å². The van der Waals surface area contributed by atoms with Crippen LogP contribution in [0, 0.1) is 0 Å². The van der Waals surface area contributed by atoms with E-state index in [2.05, 4.69) is 19.9 Å². The summed E-state index contributed by atoms with van der Waals surface area (Å²) in [5.74, 6) is 0.461. The van der Waals surface area contributed by atoms with Crippen LogP contribution in [0.4, 0.5) is 0 Å². The molecule has 1 saturated heterocycles. The first-order valence-corrected chi connectivity index (χ1v) is 7.36. The van der Waals surface area contributed by atoms with E-state index in [0.29, 0.717) is 19.0 Å². The summed E-state index contributed by atoms with van der Waals surface area (Å²) in [6.07, 6.45) is 6.27. The van der Waals surface area contributed by atoms with Gasteiger partial charge >= 0.3 is 6.01 Å². The van der Waals surface area contributed by atoms with Crippen molar-refractivity contribution in [1.29, 1.82) is 0 Å². The van der Waals surface area contributed by atoms with E-state index in [4.69, 9.17) is 9.47 Å². The van der Waals surface area contributed by atoms with E-state index in [1.807, 2.05) is 0 Å². The highest BCUT2D eigenvalue weighted by atomic mass is 16.5. The SMILES string of the molecule is COc1nccc(OC2CCCN(C(=O)c3ncccn3)C2)n1. The van der Waals surface area contributed by atoms with Crippen molar-refractivity contribution in [1.82, 2.24) is 24.8 Å². The van der Waals surface area contributed by atoms with Gasteiger partial charge in [0.25, 0.3) is 5.91 Å². The van der Waals surface area contributed by atoms with Crippen molar-refractivity contribution in [2.45, 2.75) is 18.9 Å². The summed E-state index contributed by atoms with van der Waals surface area (Å²) in [6.45, 7) is 1.15. The molecule has 0 spiro atoms. The Balaban J connectivity index is 1.65. The van der Waals surface area contributed by atoms with E-state index in [9.17, 15) is 4.79 Å². The third kappa shape index (κ3) is 3.71. The van der Waals surface area contributed by atoms with Crippen molar-refractivity contribution in [2.24, 2.45) is 0 Å². The zero-order valence-electron chi connectivity index (χ0n) is 12.8. The minimum atomic E-state index is -0.181. The van der Waals surface area contributed by atoms with Gasteiger partial charge in [0.2, 0.25) is 11.7 Å². The predicted molar refractivity (Wildman–Crippen MR) is 80.2 cm³/mol. The summed E-state index contributed by atoms with van der Waals surface area (Å²) in [7, 11) is 1.50. The number of carbonyl (C=O) groups is 1. The molecule has 1 aliphatic heterocycles. The van der Waals surface area contributed by atoms with Crippen LogP contribution in [-0.2, 0) is 0 Å². The molecule has 1 aliphatic rings. The maximum atomic E-state index is 12.4. The Bertz CT molecular complexity index is 667. The van der Waals surface area contributed by atoms with Crippen LogP contribution in [0.1, 0.15) is 23.5 Å². The predicted octanol–water partition coefficient (Wildman–Crippen LogP) is 0.959. The smallest absolute Gasteiger partial charge is 0.319 e. The molecule has 120 valence electrons. The maximum absolute atomic E-state index is 12.4. The second kappa shape index (κ2) is 6.99. The number of aromatic nitrogens is 4. The molecule has 1 fully saturated rings. The summed E-state index contributed by atoms with van der Waals surface area (Å²) in [6, 6.07) is 3.61. The number of nitrogens with zero attached hydrogens (tertiary/aromatic N) is 5. The van der Waals surface area contributed by atoms with Crippen molar-refractivity contribution in [3.8, 4) is 11.9 Å². The highest BCUT2D eigenvalue weighted by Crippen LogP contribution is 2.18. The van der Waals surface area contributed by atoms with Crippen LogP contribution in [-0.4, -0.2) is 57.0 Å². The van der Waals surface area contributed by atoms with Gasteiger partial charge in [0.1, 0.15) is 6.10 Å². The summed E-state index contributed by atoms with van der Waals surface area (Å²) in [4.78, 5) is 30.2. The lowest BCUT2D eigenvalue weighted by molar-refractivity contribution is 0.0515.